The zero-order chi connectivity index (χ0) is 17.4. The molecule has 0 saturated heterocycles. The third kappa shape index (κ3) is 5.70. The molecule has 2 aromatic rings. The molecule has 0 aliphatic rings. The Bertz CT molecular complexity index is 667. The van der Waals surface area contributed by atoms with Crippen molar-refractivity contribution in [2.45, 2.75) is 32.8 Å². The Kier molecular flexibility index (Phi) is 6.82. The Morgan fingerprint density at radius 1 is 1.21 bits per heavy atom. The molecule has 0 heterocycles. The molecule has 0 aromatic heterocycles. The molecular weight excluding hydrogens is 302 g/mol. The molecule has 4 nitrogen and oxygen atoms in total. The van der Waals surface area contributed by atoms with Gasteiger partial charge in [-0.2, -0.15) is 0 Å². The van der Waals surface area contributed by atoms with Crippen molar-refractivity contribution in [3.63, 3.8) is 0 Å². The molecule has 0 spiro atoms. The van der Waals surface area contributed by atoms with Gasteiger partial charge in [0.25, 0.3) is 5.91 Å². The van der Waals surface area contributed by atoms with Crippen molar-refractivity contribution in [2.24, 2.45) is 0 Å². The molecule has 2 rings (SSSR count). The van der Waals surface area contributed by atoms with Crippen LogP contribution in [0.4, 0.5) is 0 Å². The van der Waals surface area contributed by atoms with Gasteiger partial charge in [-0.25, -0.2) is 0 Å². The van der Waals surface area contributed by atoms with Crippen LogP contribution in [0.3, 0.4) is 0 Å². The van der Waals surface area contributed by atoms with Crippen LogP contribution in [-0.2, 0) is 6.42 Å². The smallest absolute Gasteiger partial charge is 0.251 e. The van der Waals surface area contributed by atoms with Gasteiger partial charge < -0.3 is 15.2 Å². The number of carbonyl (C=O) groups is 1. The van der Waals surface area contributed by atoms with E-state index in [1.807, 2.05) is 12.1 Å². The summed E-state index contributed by atoms with van der Waals surface area (Å²) in [6, 6.07) is 15.5. The van der Waals surface area contributed by atoms with Crippen LogP contribution in [0.25, 0.3) is 0 Å². The van der Waals surface area contributed by atoms with E-state index in [0.717, 1.165) is 12.8 Å². The van der Waals surface area contributed by atoms with E-state index in [2.05, 4.69) is 30.4 Å². The highest BCUT2D eigenvalue weighted by Crippen LogP contribution is 2.15. The van der Waals surface area contributed by atoms with Gasteiger partial charge in [-0.15, -0.1) is 0 Å². The van der Waals surface area contributed by atoms with Crippen molar-refractivity contribution in [3.8, 4) is 5.75 Å². The minimum absolute atomic E-state index is 0.207. The van der Waals surface area contributed by atoms with Gasteiger partial charge in [-0.3, -0.25) is 4.79 Å². The first-order chi connectivity index (χ1) is 11.6. The molecule has 0 unspecified atom stereocenters. The largest absolute Gasteiger partial charge is 0.494 e. The number of hydrogen-bond acceptors (Lipinski definition) is 3. The van der Waals surface area contributed by atoms with Crippen LogP contribution >= 0.6 is 0 Å². The lowest BCUT2D eigenvalue weighted by Gasteiger charge is -2.10. The fraction of sp³-hybridized carbons (Fsp3) is 0.350. The van der Waals surface area contributed by atoms with Gasteiger partial charge in [-0.1, -0.05) is 30.3 Å². The molecule has 0 aliphatic heterocycles. The molecule has 2 N–H and O–H groups in total. The standard InChI is InChI=1S/C20H25NO3/c1-15-7-3-4-8-17(15)10-6-12-24-19-11-5-9-18(13-19)20(23)21-14-16(2)22/h3-5,7-9,11,13,16,22H,6,10,12,14H2,1-2H3,(H,21,23)/t16-/m0/s1. The Labute approximate surface area is 143 Å². The number of carbonyl (C=O) groups excluding carboxylic acids is 1. The predicted octanol–water partition coefficient (Wildman–Crippen LogP) is 3.12. The quantitative estimate of drug-likeness (QED) is 0.733. The summed E-state index contributed by atoms with van der Waals surface area (Å²) in [7, 11) is 0. The molecule has 4 heteroatoms. The van der Waals surface area contributed by atoms with Crippen LogP contribution in [0.2, 0.25) is 0 Å². The van der Waals surface area contributed by atoms with E-state index >= 15 is 0 Å². The van der Waals surface area contributed by atoms with Crippen molar-refractivity contribution in [1.82, 2.24) is 5.32 Å². The maximum absolute atomic E-state index is 12.0. The van der Waals surface area contributed by atoms with E-state index in [1.54, 1.807) is 25.1 Å². The second-order valence-electron chi connectivity index (χ2n) is 5.97. The number of benzene rings is 2. The van der Waals surface area contributed by atoms with Gasteiger partial charge in [-0.05, 0) is 56.0 Å². The number of aliphatic hydroxyl groups is 1. The van der Waals surface area contributed by atoms with Gasteiger partial charge in [0.15, 0.2) is 0 Å². The summed E-state index contributed by atoms with van der Waals surface area (Å²) >= 11 is 0. The van der Waals surface area contributed by atoms with Crippen LogP contribution in [0.1, 0.15) is 34.8 Å². The molecule has 0 radical (unpaired) electrons. The zero-order valence-electron chi connectivity index (χ0n) is 14.3. The van der Waals surface area contributed by atoms with Crippen LogP contribution in [-0.4, -0.2) is 30.3 Å². The van der Waals surface area contributed by atoms with Crippen LogP contribution in [0.15, 0.2) is 48.5 Å². The first-order valence-corrected chi connectivity index (χ1v) is 8.30. The lowest BCUT2D eigenvalue weighted by atomic mass is 10.0. The van der Waals surface area contributed by atoms with Gasteiger partial charge in [0.2, 0.25) is 0 Å². The minimum Gasteiger partial charge on any atom is -0.494 e. The Balaban J connectivity index is 1.82. The summed E-state index contributed by atoms with van der Waals surface area (Å²) < 4.78 is 5.75. The van der Waals surface area contributed by atoms with E-state index in [1.165, 1.54) is 11.1 Å². The molecule has 1 atom stereocenters. The van der Waals surface area contributed by atoms with Crippen molar-refractivity contribution in [2.75, 3.05) is 13.2 Å². The highest BCUT2D eigenvalue weighted by molar-refractivity contribution is 5.94. The number of ether oxygens (including phenoxy) is 1. The molecule has 0 saturated carbocycles. The third-order valence-corrected chi connectivity index (χ3v) is 3.77. The summed E-state index contributed by atoms with van der Waals surface area (Å²) in [5, 5.41) is 11.9. The van der Waals surface area contributed by atoms with Gasteiger partial charge >= 0.3 is 0 Å². The highest BCUT2D eigenvalue weighted by Gasteiger charge is 2.07. The molecule has 0 aliphatic carbocycles. The lowest BCUT2D eigenvalue weighted by Crippen LogP contribution is -2.30. The normalized spacial score (nSPS) is 11.8. The fourth-order valence-corrected chi connectivity index (χ4v) is 2.41. The van der Waals surface area contributed by atoms with E-state index in [0.29, 0.717) is 17.9 Å². The zero-order valence-corrected chi connectivity index (χ0v) is 14.3. The number of nitrogens with one attached hydrogen (secondary N) is 1. The number of aliphatic hydroxyl groups excluding tert-OH is 1. The number of hydrogen-bond donors (Lipinski definition) is 2. The maximum Gasteiger partial charge on any atom is 0.251 e. The highest BCUT2D eigenvalue weighted by atomic mass is 16.5. The molecular formula is C20H25NO3. The molecule has 0 bridgehead atoms. The lowest BCUT2D eigenvalue weighted by molar-refractivity contribution is 0.0923. The Morgan fingerprint density at radius 2 is 2.00 bits per heavy atom. The number of rotatable bonds is 8. The van der Waals surface area contributed by atoms with Gasteiger partial charge in [0.05, 0.1) is 12.7 Å². The molecule has 0 fully saturated rings. The maximum atomic E-state index is 12.0. The third-order valence-electron chi connectivity index (χ3n) is 3.77. The summed E-state index contributed by atoms with van der Waals surface area (Å²) in [6.45, 7) is 4.59. The SMILES string of the molecule is Cc1ccccc1CCCOc1cccc(C(=O)NC[C@H](C)O)c1. The van der Waals surface area contributed by atoms with Crippen molar-refractivity contribution in [1.29, 1.82) is 0 Å². The molecule has 2 aromatic carbocycles. The second kappa shape index (κ2) is 9.08. The summed E-state index contributed by atoms with van der Waals surface area (Å²) in [5.74, 6) is 0.478. The van der Waals surface area contributed by atoms with E-state index in [-0.39, 0.29) is 12.5 Å². The number of amides is 1. The molecule has 24 heavy (non-hydrogen) atoms. The first-order valence-electron chi connectivity index (χ1n) is 8.30. The van der Waals surface area contributed by atoms with Gasteiger partial charge in [0.1, 0.15) is 5.75 Å². The summed E-state index contributed by atoms with van der Waals surface area (Å²) in [5.41, 5.74) is 3.17. The second-order valence-corrected chi connectivity index (χ2v) is 5.97. The van der Waals surface area contributed by atoms with Crippen molar-refractivity contribution >= 4 is 5.91 Å². The minimum atomic E-state index is -0.560. The van der Waals surface area contributed by atoms with Crippen molar-refractivity contribution < 1.29 is 14.6 Å². The summed E-state index contributed by atoms with van der Waals surface area (Å²) in [4.78, 5) is 12.0. The predicted molar refractivity (Wildman–Crippen MR) is 95.5 cm³/mol. The topological polar surface area (TPSA) is 58.6 Å². The van der Waals surface area contributed by atoms with E-state index in [4.69, 9.17) is 4.74 Å². The Hall–Kier alpha value is -2.33. The Morgan fingerprint density at radius 3 is 2.75 bits per heavy atom. The number of aryl methyl sites for hydroxylation is 2. The van der Waals surface area contributed by atoms with E-state index < -0.39 is 6.10 Å². The van der Waals surface area contributed by atoms with Crippen LogP contribution in [0, 0.1) is 6.92 Å². The monoisotopic (exact) mass is 327 g/mol. The average Bonchev–Trinajstić information content (AvgIpc) is 2.58. The molecule has 128 valence electrons. The van der Waals surface area contributed by atoms with Gasteiger partial charge in [0, 0.05) is 12.1 Å². The summed E-state index contributed by atoms with van der Waals surface area (Å²) in [6.07, 6.45) is 1.33. The fourth-order valence-electron chi connectivity index (χ4n) is 2.41. The molecule has 1 amide bonds. The van der Waals surface area contributed by atoms with Crippen LogP contribution < -0.4 is 10.1 Å². The first kappa shape index (κ1) is 18.0. The average molecular weight is 327 g/mol. The van der Waals surface area contributed by atoms with Crippen molar-refractivity contribution in [3.05, 3.63) is 65.2 Å². The van der Waals surface area contributed by atoms with E-state index in [9.17, 15) is 9.90 Å². The van der Waals surface area contributed by atoms with Crippen LogP contribution in [0.5, 0.6) is 5.75 Å².